The lowest BCUT2D eigenvalue weighted by Gasteiger charge is -1.97. The van der Waals surface area contributed by atoms with Gasteiger partial charge in [0.1, 0.15) is 5.82 Å². The summed E-state index contributed by atoms with van der Waals surface area (Å²) in [7, 11) is 0. The number of benzene rings is 1. The molecule has 88 valence electrons. The molecule has 2 aromatic rings. The highest BCUT2D eigenvalue weighted by Gasteiger charge is 2.20. The van der Waals surface area contributed by atoms with Crippen molar-refractivity contribution >= 4 is 11.5 Å². The van der Waals surface area contributed by atoms with Crippen LogP contribution in [0.2, 0.25) is 0 Å². The Bertz CT molecular complexity index is 520. The molecule has 1 N–H and O–H groups in total. The first-order chi connectivity index (χ1) is 8.31. The second-order valence-electron chi connectivity index (χ2n) is 4.34. The van der Waals surface area contributed by atoms with Gasteiger partial charge in [-0.05, 0) is 42.6 Å². The van der Waals surface area contributed by atoms with Crippen LogP contribution in [-0.4, -0.2) is 10.4 Å². The van der Waals surface area contributed by atoms with Gasteiger partial charge in [0.05, 0.1) is 5.69 Å². The van der Waals surface area contributed by atoms with Crippen molar-refractivity contribution < 1.29 is 4.39 Å². The minimum atomic E-state index is -0.215. The highest BCUT2D eigenvalue weighted by atomic mass is 32.1. The predicted molar refractivity (Wildman–Crippen MR) is 67.4 cm³/mol. The summed E-state index contributed by atoms with van der Waals surface area (Å²) >= 11 is 1.49. The van der Waals surface area contributed by atoms with Crippen molar-refractivity contribution in [3.63, 3.8) is 0 Å². The van der Waals surface area contributed by atoms with E-state index >= 15 is 0 Å². The summed E-state index contributed by atoms with van der Waals surface area (Å²) in [5.41, 5.74) is 1.71. The van der Waals surface area contributed by atoms with E-state index < -0.39 is 0 Å². The highest BCUT2D eigenvalue weighted by molar-refractivity contribution is 7.06. The number of hydrogen-bond donors (Lipinski definition) is 1. The van der Waals surface area contributed by atoms with E-state index in [1.165, 1.54) is 41.4 Å². The zero-order valence-corrected chi connectivity index (χ0v) is 10.1. The van der Waals surface area contributed by atoms with Gasteiger partial charge in [-0.1, -0.05) is 12.1 Å². The molecule has 2 nitrogen and oxygen atoms in total. The summed E-state index contributed by atoms with van der Waals surface area (Å²) in [5, 5.41) is 3.45. The highest BCUT2D eigenvalue weighted by Crippen LogP contribution is 2.24. The van der Waals surface area contributed by atoms with Crippen LogP contribution in [0, 0.1) is 5.82 Å². The molecule has 1 fully saturated rings. The molecule has 1 saturated carbocycles. The van der Waals surface area contributed by atoms with Crippen LogP contribution >= 0.6 is 11.5 Å². The van der Waals surface area contributed by atoms with E-state index in [0.29, 0.717) is 6.04 Å². The maximum atomic E-state index is 13.1. The summed E-state index contributed by atoms with van der Waals surface area (Å²) in [6, 6.07) is 9.31. The Morgan fingerprint density at radius 2 is 2.24 bits per heavy atom. The second kappa shape index (κ2) is 4.55. The van der Waals surface area contributed by atoms with E-state index in [2.05, 4.69) is 9.69 Å². The molecule has 1 aromatic carbocycles. The first-order valence-electron chi connectivity index (χ1n) is 5.76. The Balaban J connectivity index is 1.74. The van der Waals surface area contributed by atoms with Gasteiger partial charge < -0.3 is 5.32 Å². The van der Waals surface area contributed by atoms with E-state index in [1.807, 2.05) is 12.1 Å². The number of nitrogens with one attached hydrogen (secondary N) is 1. The molecule has 0 amide bonds. The second-order valence-corrected chi connectivity index (χ2v) is 5.23. The van der Waals surface area contributed by atoms with Crippen molar-refractivity contribution in [1.82, 2.24) is 9.69 Å². The van der Waals surface area contributed by atoms with Gasteiger partial charge >= 0.3 is 0 Å². The van der Waals surface area contributed by atoms with Crippen LogP contribution in [0.3, 0.4) is 0 Å². The molecule has 1 aliphatic carbocycles. The van der Waals surface area contributed by atoms with Gasteiger partial charge in [0, 0.05) is 23.0 Å². The Morgan fingerprint density at radius 1 is 1.35 bits per heavy atom. The molecule has 1 aromatic heterocycles. The van der Waals surface area contributed by atoms with E-state index in [4.69, 9.17) is 0 Å². The lowest BCUT2D eigenvalue weighted by molar-refractivity contribution is 0.628. The molecule has 1 heterocycles. The molecule has 0 bridgehead atoms. The number of rotatable bonds is 4. The molecule has 0 unspecified atom stereocenters. The molecule has 3 rings (SSSR count). The first-order valence-corrected chi connectivity index (χ1v) is 6.53. The molecule has 0 spiro atoms. The Hall–Kier alpha value is -1.26. The Morgan fingerprint density at radius 3 is 3.00 bits per heavy atom. The standard InChI is InChI=1S/C13H13FN2S/c14-10-3-1-2-9(6-10)13-7-12(17-16-13)8-15-11-4-5-11/h1-3,6-7,11,15H,4-5,8H2. The normalized spacial score (nSPS) is 15.1. The Kier molecular flexibility index (Phi) is 2.91. The van der Waals surface area contributed by atoms with Crippen molar-refractivity contribution in [3.05, 3.63) is 41.0 Å². The molecule has 0 saturated heterocycles. The number of aromatic nitrogens is 1. The first kappa shape index (κ1) is 10.9. The maximum absolute atomic E-state index is 13.1. The summed E-state index contributed by atoms with van der Waals surface area (Å²) in [5.74, 6) is -0.215. The van der Waals surface area contributed by atoms with Crippen LogP contribution in [0.15, 0.2) is 30.3 Å². The zero-order chi connectivity index (χ0) is 11.7. The fraction of sp³-hybridized carbons (Fsp3) is 0.308. The van der Waals surface area contributed by atoms with E-state index in [1.54, 1.807) is 6.07 Å². The van der Waals surface area contributed by atoms with Crippen LogP contribution in [0.4, 0.5) is 4.39 Å². The van der Waals surface area contributed by atoms with Crippen LogP contribution in [0.5, 0.6) is 0 Å². The van der Waals surface area contributed by atoms with E-state index in [0.717, 1.165) is 17.8 Å². The minimum absolute atomic E-state index is 0.215. The van der Waals surface area contributed by atoms with Crippen molar-refractivity contribution in [2.24, 2.45) is 0 Å². The van der Waals surface area contributed by atoms with Gasteiger partial charge in [0.25, 0.3) is 0 Å². The van der Waals surface area contributed by atoms with Crippen LogP contribution in [-0.2, 0) is 6.54 Å². The summed E-state index contributed by atoms with van der Waals surface area (Å²) in [4.78, 5) is 1.20. The maximum Gasteiger partial charge on any atom is 0.123 e. The molecule has 4 heteroatoms. The fourth-order valence-corrected chi connectivity index (χ4v) is 2.40. The monoisotopic (exact) mass is 248 g/mol. The third-order valence-electron chi connectivity index (χ3n) is 2.82. The van der Waals surface area contributed by atoms with Gasteiger partial charge in [0.2, 0.25) is 0 Å². The minimum Gasteiger partial charge on any atom is -0.309 e. The molecule has 0 aliphatic heterocycles. The van der Waals surface area contributed by atoms with Crippen LogP contribution in [0.1, 0.15) is 17.7 Å². The molecule has 0 radical (unpaired) electrons. The summed E-state index contributed by atoms with van der Waals surface area (Å²) in [6.07, 6.45) is 2.57. The van der Waals surface area contributed by atoms with Crippen molar-refractivity contribution in [3.8, 4) is 11.3 Å². The SMILES string of the molecule is Fc1cccc(-c2cc(CNC3CC3)sn2)c1. The molecule has 17 heavy (non-hydrogen) atoms. The van der Waals surface area contributed by atoms with Gasteiger partial charge in [-0.3, -0.25) is 0 Å². The van der Waals surface area contributed by atoms with Crippen LogP contribution in [0.25, 0.3) is 11.3 Å². The van der Waals surface area contributed by atoms with Gasteiger partial charge in [-0.15, -0.1) is 0 Å². The lowest BCUT2D eigenvalue weighted by atomic mass is 10.1. The Labute approximate surface area is 104 Å². The van der Waals surface area contributed by atoms with Crippen molar-refractivity contribution in [1.29, 1.82) is 0 Å². The average Bonchev–Trinajstić information content (AvgIpc) is 3.04. The molecule has 1 aliphatic rings. The number of nitrogens with zero attached hydrogens (tertiary/aromatic N) is 1. The molecular weight excluding hydrogens is 235 g/mol. The summed E-state index contributed by atoms with van der Waals surface area (Å²) < 4.78 is 17.4. The zero-order valence-electron chi connectivity index (χ0n) is 9.32. The fourth-order valence-electron chi connectivity index (χ4n) is 1.71. The summed E-state index contributed by atoms with van der Waals surface area (Å²) in [6.45, 7) is 0.873. The van der Waals surface area contributed by atoms with E-state index in [-0.39, 0.29) is 5.82 Å². The topological polar surface area (TPSA) is 24.9 Å². The van der Waals surface area contributed by atoms with Gasteiger partial charge in [0.15, 0.2) is 0 Å². The van der Waals surface area contributed by atoms with Crippen molar-refractivity contribution in [2.45, 2.75) is 25.4 Å². The van der Waals surface area contributed by atoms with Gasteiger partial charge in [-0.2, -0.15) is 4.37 Å². The molecular formula is C13H13FN2S. The largest absolute Gasteiger partial charge is 0.309 e. The molecule has 0 atom stereocenters. The quantitative estimate of drug-likeness (QED) is 0.898. The third kappa shape index (κ3) is 2.70. The average molecular weight is 248 g/mol. The lowest BCUT2D eigenvalue weighted by Crippen LogP contribution is -2.14. The van der Waals surface area contributed by atoms with E-state index in [9.17, 15) is 4.39 Å². The van der Waals surface area contributed by atoms with Crippen LogP contribution < -0.4 is 5.32 Å². The third-order valence-corrected chi connectivity index (χ3v) is 3.61. The van der Waals surface area contributed by atoms with Gasteiger partial charge in [-0.25, -0.2) is 4.39 Å². The van der Waals surface area contributed by atoms with Crippen molar-refractivity contribution in [2.75, 3.05) is 0 Å². The number of halogens is 1. The number of hydrogen-bond acceptors (Lipinski definition) is 3. The smallest absolute Gasteiger partial charge is 0.123 e. The predicted octanol–water partition coefficient (Wildman–Crippen LogP) is 3.20.